The number of aromatic nitrogens is 2. The Morgan fingerprint density at radius 2 is 1.20 bits per heavy atom. The maximum absolute atomic E-state index is 14.6. The molecule has 7 N–H and O–H groups in total. The fourth-order valence-electron chi connectivity index (χ4n) is 6.97. The number of rotatable bonds is 14. The van der Waals surface area contributed by atoms with Gasteiger partial charge in [-0.2, -0.15) is 0 Å². The molecule has 2 heterocycles. The summed E-state index contributed by atoms with van der Waals surface area (Å²) in [4.78, 5) is 58.2. The third kappa shape index (κ3) is 9.34. The first-order chi connectivity index (χ1) is 26.4. The van der Waals surface area contributed by atoms with E-state index in [2.05, 4.69) is 31.2 Å². The van der Waals surface area contributed by atoms with Gasteiger partial charge < -0.3 is 45.8 Å². The van der Waals surface area contributed by atoms with E-state index in [0.717, 1.165) is 0 Å². The van der Waals surface area contributed by atoms with E-state index in [1.54, 1.807) is 50.2 Å². The summed E-state index contributed by atoms with van der Waals surface area (Å²) in [5.74, 6) is -2.63. The summed E-state index contributed by atoms with van der Waals surface area (Å²) in [6.07, 6.45) is 1.65. The van der Waals surface area contributed by atoms with E-state index in [4.69, 9.17) is 9.47 Å². The molecule has 4 aromatic rings. The highest BCUT2D eigenvalue weighted by Gasteiger charge is 2.33. The van der Waals surface area contributed by atoms with Gasteiger partial charge >= 0.3 is 0 Å². The molecular weight excluding hydrogens is 714 g/mol. The van der Waals surface area contributed by atoms with Crippen LogP contribution in [0.4, 0.5) is 8.78 Å². The van der Waals surface area contributed by atoms with Gasteiger partial charge in [0.05, 0.1) is 6.10 Å². The summed E-state index contributed by atoms with van der Waals surface area (Å²) in [6, 6.07) is 14.8. The van der Waals surface area contributed by atoms with Gasteiger partial charge in [-0.3, -0.25) is 19.2 Å². The first-order valence-electron chi connectivity index (χ1n) is 18.5. The van der Waals surface area contributed by atoms with Crippen molar-refractivity contribution in [1.29, 1.82) is 0 Å². The summed E-state index contributed by atoms with van der Waals surface area (Å²) in [7, 11) is 1.44. The molecule has 2 aromatic heterocycles. The summed E-state index contributed by atoms with van der Waals surface area (Å²) in [6.45, 7) is 3.56. The van der Waals surface area contributed by atoms with E-state index in [1.165, 1.54) is 31.3 Å². The van der Waals surface area contributed by atoms with Gasteiger partial charge in [-0.05, 0) is 70.4 Å². The highest BCUT2D eigenvalue weighted by molar-refractivity contribution is 6.01. The summed E-state index contributed by atoms with van der Waals surface area (Å²) >= 11 is 0. The Balaban J connectivity index is 1.06. The number of hydrogen-bond acceptors (Lipinski definition) is 7. The molecular formula is C40H46F2N6O7. The second-order valence-electron chi connectivity index (χ2n) is 14.2. The Labute approximate surface area is 317 Å². The molecule has 0 bridgehead atoms. The third-order valence-corrected chi connectivity index (χ3v) is 10.2. The van der Waals surface area contributed by atoms with Crippen LogP contribution >= 0.6 is 0 Å². The van der Waals surface area contributed by atoms with Crippen molar-refractivity contribution in [1.82, 2.24) is 31.2 Å². The van der Waals surface area contributed by atoms with Crippen molar-refractivity contribution in [3.05, 3.63) is 106 Å². The molecule has 2 saturated carbocycles. The van der Waals surface area contributed by atoms with Gasteiger partial charge in [-0.15, -0.1) is 0 Å². The maximum atomic E-state index is 14.6. The lowest BCUT2D eigenvalue weighted by Crippen LogP contribution is -2.47. The molecule has 0 saturated heterocycles. The van der Waals surface area contributed by atoms with Gasteiger partial charge in [-0.1, -0.05) is 36.4 Å². The number of carbonyl (C=O) groups is 4. The van der Waals surface area contributed by atoms with E-state index in [0.29, 0.717) is 44.1 Å². The van der Waals surface area contributed by atoms with E-state index in [9.17, 15) is 33.1 Å². The second kappa shape index (κ2) is 17.2. The van der Waals surface area contributed by atoms with Gasteiger partial charge in [0.2, 0.25) is 0 Å². The van der Waals surface area contributed by atoms with E-state index in [1.807, 2.05) is 0 Å². The molecule has 2 fully saturated rings. The predicted molar refractivity (Wildman–Crippen MR) is 198 cm³/mol. The number of ether oxygens (including phenoxy) is 2. The van der Waals surface area contributed by atoms with Crippen molar-refractivity contribution in [2.24, 2.45) is 5.92 Å². The van der Waals surface area contributed by atoms with Gasteiger partial charge in [0.25, 0.3) is 23.6 Å². The average Bonchev–Trinajstić information content (AvgIpc) is 3.78. The zero-order valence-electron chi connectivity index (χ0n) is 30.8. The Morgan fingerprint density at radius 3 is 1.69 bits per heavy atom. The van der Waals surface area contributed by atoms with Crippen LogP contribution in [0.25, 0.3) is 0 Å². The predicted octanol–water partition coefficient (Wildman–Crippen LogP) is 5.23. The molecule has 2 aliphatic rings. The minimum atomic E-state index is -0.777. The lowest BCUT2D eigenvalue weighted by atomic mass is 9.80. The molecule has 292 valence electrons. The maximum Gasteiger partial charge on any atom is 0.271 e. The minimum absolute atomic E-state index is 0.0117. The van der Waals surface area contributed by atoms with E-state index < -0.39 is 47.5 Å². The molecule has 0 aliphatic heterocycles. The first-order valence-corrected chi connectivity index (χ1v) is 18.5. The van der Waals surface area contributed by atoms with Crippen LogP contribution in [0.2, 0.25) is 0 Å². The molecule has 2 atom stereocenters. The zero-order valence-corrected chi connectivity index (χ0v) is 30.8. The summed E-state index contributed by atoms with van der Waals surface area (Å²) in [5, 5.41) is 21.1. The summed E-state index contributed by atoms with van der Waals surface area (Å²) in [5.41, 5.74) is 0.820. The molecule has 4 amide bonds. The van der Waals surface area contributed by atoms with Gasteiger partial charge in [-0.25, -0.2) is 8.78 Å². The number of carbonyl (C=O) groups excluding carboxylic acids is 4. The molecule has 55 heavy (non-hydrogen) atoms. The molecule has 2 unspecified atom stereocenters. The lowest BCUT2D eigenvalue weighted by Gasteiger charge is -2.35. The number of aromatic amines is 2. The molecule has 0 spiro atoms. The number of H-pyrrole nitrogens is 2. The van der Waals surface area contributed by atoms with Gasteiger partial charge in [0.15, 0.2) is 11.5 Å². The van der Waals surface area contributed by atoms with Crippen LogP contribution in [0.5, 0.6) is 11.5 Å². The fourth-order valence-corrected chi connectivity index (χ4v) is 6.97. The van der Waals surface area contributed by atoms with Crippen LogP contribution < -0.4 is 30.7 Å². The smallest absolute Gasteiger partial charge is 0.271 e. The number of nitrogens with one attached hydrogen (secondary N) is 6. The number of hydrogen-bond donors (Lipinski definition) is 7. The quantitative estimate of drug-likeness (QED) is 0.0917. The lowest BCUT2D eigenvalue weighted by molar-refractivity contribution is 0.0852. The fraction of sp³-hybridized carbons (Fsp3) is 0.400. The number of aliphatic hydroxyl groups is 1. The Bertz CT molecular complexity index is 2020. The molecule has 15 heteroatoms. The first kappa shape index (κ1) is 39.0. The average molecular weight is 761 g/mol. The van der Waals surface area contributed by atoms with E-state index >= 15 is 0 Å². The number of amides is 4. The van der Waals surface area contributed by atoms with Crippen LogP contribution in [0.3, 0.4) is 0 Å². The van der Waals surface area contributed by atoms with Crippen LogP contribution in [-0.4, -0.2) is 70.5 Å². The monoisotopic (exact) mass is 760 g/mol. The van der Waals surface area contributed by atoms with Crippen LogP contribution in [0.1, 0.15) is 118 Å². The zero-order chi connectivity index (χ0) is 39.2. The Hall–Kier alpha value is -5.70. The molecule has 6 rings (SSSR count). The number of aliphatic hydroxyl groups excluding tert-OH is 1. The van der Waals surface area contributed by atoms with Crippen molar-refractivity contribution in [2.45, 2.75) is 82.8 Å². The van der Waals surface area contributed by atoms with Gasteiger partial charge in [0, 0.05) is 48.9 Å². The third-order valence-electron chi connectivity index (χ3n) is 10.2. The molecule has 2 aliphatic carbocycles. The second-order valence-corrected chi connectivity index (χ2v) is 14.2. The van der Waals surface area contributed by atoms with E-state index in [-0.39, 0.29) is 70.5 Å². The molecule has 0 radical (unpaired) electrons. The Kier molecular flexibility index (Phi) is 12.2. The van der Waals surface area contributed by atoms with Crippen molar-refractivity contribution in [3.8, 4) is 11.5 Å². The summed E-state index contributed by atoms with van der Waals surface area (Å²) < 4.78 is 40.9. The molecule has 13 nitrogen and oxygen atoms in total. The van der Waals surface area contributed by atoms with Crippen LogP contribution in [-0.2, 0) is 0 Å². The topological polar surface area (TPSA) is 187 Å². The van der Waals surface area contributed by atoms with Crippen molar-refractivity contribution in [3.63, 3.8) is 0 Å². The highest BCUT2D eigenvalue weighted by atomic mass is 19.1. The number of halogens is 2. The van der Waals surface area contributed by atoms with Crippen molar-refractivity contribution < 1.29 is 42.5 Å². The normalized spacial score (nSPS) is 20.3. The van der Waals surface area contributed by atoms with Crippen molar-refractivity contribution in [2.75, 3.05) is 13.6 Å². The minimum Gasteiger partial charge on any atom is -0.483 e. The Morgan fingerprint density at radius 1 is 0.727 bits per heavy atom. The number of benzene rings is 2. The van der Waals surface area contributed by atoms with Gasteiger partial charge in [0.1, 0.15) is 46.6 Å². The van der Waals surface area contributed by atoms with Crippen LogP contribution in [0, 0.1) is 17.6 Å². The largest absolute Gasteiger partial charge is 0.483 e. The van der Waals surface area contributed by atoms with Crippen LogP contribution in [0.15, 0.2) is 60.7 Å². The SMILES string of the molecule is CNC(=O)c1[nH]c(C(=O)NC2CC(CNC(=O)c3[nH]c(C(=O)NC4CCC(O)CC4)cc3OC(C)c3ccccc3F)C2)cc1OC(C)c1ccccc1F. The standard InChI is InChI=1S/C40H46F2N6O7/c1-21(27-8-4-6-10-29(27)41)54-33-18-32(47-35(33)39(52)43-3)38(51)46-25-16-23(17-25)20-44-40(53)36-34(55-22(2)28-9-5-7-11-30(28)42)19-31(48-36)37(50)45-24-12-14-26(49)15-13-24/h4-11,18-19,21-26,47-49H,12-17,20H2,1-3H3,(H,43,52)(H,44,53)(H,45,50)(H,46,51). The molecule has 2 aromatic carbocycles. The highest BCUT2D eigenvalue weighted by Crippen LogP contribution is 2.32. The van der Waals surface area contributed by atoms with Crippen molar-refractivity contribution >= 4 is 23.6 Å².